The van der Waals surface area contributed by atoms with E-state index in [0.29, 0.717) is 17.3 Å². The fourth-order valence-corrected chi connectivity index (χ4v) is 2.46. The lowest BCUT2D eigenvalue weighted by Crippen LogP contribution is -2.31. The molecule has 17 heavy (non-hydrogen) atoms. The monoisotopic (exact) mass is 272 g/mol. The van der Waals surface area contributed by atoms with Crippen LogP contribution >= 0.6 is 23.4 Å². The highest BCUT2D eigenvalue weighted by molar-refractivity contribution is 8.00. The van der Waals surface area contributed by atoms with Crippen molar-refractivity contribution in [3.05, 3.63) is 23.2 Å². The summed E-state index contributed by atoms with van der Waals surface area (Å²) in [6.45, 7) is 4.59. The van der Waals surface area contributed by atoms with Gasteiger partial charge >= 0.3 is 0 Å². The van der Waals surface area contributed by atoms with Crippen molar-refractivity contribution < 1.29 is 4.79 Å². The quantitative estimate of drug-likeness (QED) is 0.640. The molecule has 1 aromatic carbocycles. The Labute approximate surface area is 111 Å². The van der Waals surface area contributed by atoms with Crippen molar-refractivity contribution in [3.8, 4) is 0 Å². The predicted octanol–water partition coefficient (Wildman–Crippen LogP) is 2.93. The Balaban J connectivity index is 2.61. The summed E-state index contributed by atoms with van der Waals surface area (Å²) in [5, 5.41) is 3.28. The normalized spacial score (nSPS) is 12.2. The molecule has 0 bridgehead atoms. The lowest BCUT2D eigenvalue weighted by Gasteiger charge is -2.12. The highest BCUT2D eigenvalue weighted by Gasteiger charge is 2.15. The summed E-state index contributed by atoms with van der Waals surface area (Å²) in [6.07, 6.45) is 0.936. The zero-order valence-corrected chi connectivity index (χ0v) is 11.6. The molecule has 0 saturated carbocycles. The smallest absolute Gasteiger partial charge is 0.233 e. The second-order valence-electron chi connectivity index (χ2n) is 3.74. The van der Waals surface area contributed by atoms with Crippen molar-refractivity contribution in [1.82, 2.24) is 5.32 Å². The second kappa shape index (κ2) is 6.77. The summed E-state index contributed by atoms with van der Waals surface area (Å²) >= 11 is 7.49. The Hall–Kier alpha value is -0.870. The molecule has 0 spiro atoms. The SMILES string of the molecule is CCCNC(=O)C(C)Sc1ccc(N)cc1Cl. The van der Waals surface area contributed by atoms with E-state index in [-0.39, 0.29) is 11.2 Å². The molecule has 3 nitrogen and oxygen atoms in total. The predicted molar refractivity (Wildman–Crippen MR) is 74.5 cm³/mol. The van der Waals surface area contributed by atoms with Gasteiger partial charge in [0.15, 0.2) is 0 Å². The van der Waals surface area contributed by atoms with Gasteiger partial charge in [0.05, 0.1) is 10.3 Å². The molecule has 0 aliphatic carbocycles. The molecular formula is C12H17ClN2OS. The van der Waals surface area contributed by atoms with E-state index < -0.39 is 0 Å². The van der Waals surface area contributed by atoms with Crippen LogP contribution in [0.4, 0.5) is 5.69 Å². The van der Waals surface area contributed by atoms with Gasteiger partial charge in [0.1, 0.15) is 0 Å². The molecular weight excluding hydrogens is 256 g/mol. The molecule has 1 unspecified atom stereocenters. The fourth-order valence-electron chi connectivity index (χ4n) is 1.25. The highest BCUT2D eigenvalue weighted by Crippen LogP contribution is 2.31. The average Bonchev–Trinajstić information content (AvgIpc) is 2.29. The number of halogens is 1. The Morgan fingerprint density at radius 1 is 1.59 bits per heavy atom. The van der Waals surface area contributed by atoms with E-state index in [0.717, 1.165) is 11.3 Å². The van der Waals surface area contributed by atoms with E-state index in [4.69, 9.17) is 17.3 Å². The van der Waals surface area contributed by atoms with Crippen LogP contribution in [0.3, 0.4) is 0 Å². The van der Waals surface area contributed by atoms with Gasteiger partial charge in [-0.25, -0.2) is 0 Å². The highest BCUT2D eigenvalue weighted by atomic mass is 35.5. The molecule has 94 valence electrons. The summed E-state index contributed by atoms with van der Waals surface area (Å²) in [7, 11) is 0. The van der Waals surface area contributed by atoms with E-state index in [2.05, 4.69) is 5.32 Å². The van der Waals surface area contributed by atoms with Gasteiger partial charge in [-0.2, -0.15) is 0 Å². The first-order chi connectivity index (χ1) is 8.04. The van der Waals surface area contributed by atoms with Gasteiger partial charge in [-0.1, -0.05) is 18.5 Å². The van der Waals surface area contributed by atoms with Crippen molar-refractivity contribution in [1.29, 1.82) is 0 Å². The first kappa shape index (κ1) is 14.2. The maximum Gasteiger partial charge on any atom is 0.233 e. The molecule has 3 N–H and O–H groups in total. The summed E-state index contributed by atoms with van der Waals surface area (Å²) in [5.74, 6) is 0.0322. The van der Waals surface area contributed by atoms with Crippen molar-refractivity contribution in [2.75, 3.05) is 12.3 Å². The molecule has 0 radical (unpaired) electrons. The first-order valence-electron chi connectivity index (χ1n) is 5.54. The molecule has 0 aromatic heterocycles. The van der Waals surface area contributed by atoms with Crippen molar-refractivity contribution in [2.45, 2.75) is 30.4 Å². The first-order valence-corrected chi connectivity index (χ1v) is 6.79. The number of hydrogen-bond acceptors (Lipinski definition) is 3. The van der Waals surface area contributed by atoms with Crippen LogP contribution in [0.15, 0.2) is 23.1 Å². The Bertz CT molecular complexity index is 398. The van der Waals surface area contributed by atoms with Gasteiger partial charge in [-0.3, -0.25) is 4.79 Å². The van der Waals surface area contributed by atoms with E-state index in [1.54, 1.807) is 12.1 Å². The lowest BCUT2D eigenvalue weighted by atomic mass is 10.3. The van der Waals surface area contributed by atoms with Gasteiger partial charge < -0.3 is 11.1 Å². The Morgan fingerprint density at radius 3 is 2.88 bits per heavy atom. The summed E-state index contributed by atoms with van der Waals surface area (Å²) in [4.78, 5) is 12.6. The van der Waals surface area contributed by atoms with Crippen LogP contribution < -0.4 is 11.1 Å². The summed E-state index contributed by atoms with van der Waals surface area (Å²) in [5.41, 5.74) is 6.24. The van der Waals surface area contributed by atoms with Crippen LogP contribution in [-0.2, 0) is 4.79 Å². The van der Waals surface area contributed by atoms with Gasteiger partial charge in [-0.15, -0.1) is 11.8 Å². The minimum atomic E-state index is -0.164. The summed E-state index contributed by atoms with van der Waals surface area (Å²) in [6, 6.07) is 5.32. The number of benzene rings is 1. The maximum absolute atomic E-state index is 11.7. The van der Waals surface area contributed by atoms with E-state index in [9.17, 15) is 4.79 Å². The van der Waals surface area contributed by atoms with Crippen LogP contribution in [0.1, 0.15) is 20.3 Å². The third-order valence-electron chi connectivity index (χ3n) is 2.18. The number of nitrogens with one attached hydrogen (secondary N) is 1. The zero-order chi connectivity index (χ0) is 12.8. The topological polar surface area (TPSA) is 55.1 Å². The van der Waals surface area contributed by atoms with Crippen LogP contribution in [0.5, 0.6) is 0 Å². The number of nitrogens with two attached hydrogens (primary N) is 1. The van der Waals surface area contributed by atoms with E-state index >= 15 is 0 Å². The van der Waals surface area contributed by atoms with Crippen LogP contribution in [0, 0.1) is 0 Å². The molecule has 5 heteroatoms. The van der Waals surface area contributed by atoms with E-state index in [1.165, 1.54) is 11.8 Å². The molecule has 1 aromatic rings. The van der Waals surface area contributed by atoms with Gasteiger partial charge in [0.2, 0.25) is 5.91 Å². The molecule has 0 saturated heterocycles. The third kappa shape index (κ3) is 4.48. The standard InChI is InChI=1S/C12H17ClN2OS/c1-3-6-15-12(16)8(2)17-11-5-4-9(14)7-10(11)13/h4-5,7-8H,3,6,14H2,1-2H3,(H,15,16). The number of hydrogen-bond donors (Lipinski definition) is 2. The van der Waals surface area contributed by atoms with Crippen molar-refractivity contribution in [3.63, 3.8) is 0 Å². The molecule has 0 fully saturated rings. The van der Waals surface area contributed by atoms with Gasteiger partial charge in [0, 0.05) is 17.1 Å². The number of carbonyl (C=O) groups excluding carboxylic acids is 1. The van der Waals surface area contributed by atoms with Crippen molar-refractivity contribution >= 4 is 35.0 Å². The van der Waals surface area contributed by atoms with Crippen LogP contribution in [-0.4, -0.2) is 17.7 Å². The van der Waals surface area contributed by atoms with Crippen LogP contribution in [0.2, 0.25) is 5.02 Å². The average molecular weight is 273 g/mol. The minimum absolute atomic E-state index is 0.0322. The number of amides is 1. The number of thioether (sulfide) groups is 1. The Morgan fingerprint density at radius 2 is 2.29 bits per heavy atom. The molecule has 1 atom stereocenters. The molecule has 0 aliphatic heterocycles. The van der Waals surface area contributed by atoms with Gasteiger partial charge in [-0.05, 0) is 31.5 Å². The Kier molecular flexibility index (Phi) is 5.65. The second-order valence-corrected chi connectivity index (χ2v) is 5.53. The molecule has 1 amide bonds. The molecule has 0 aliphatic rings. The fraction of sp³-hybridized carbons (Fsp3) is 0.417. The van der Waals surface area contributed by atoms with Crippen LogP contribution in [0.25, 0.3) is 0 Å². The van der Waals surface area contributed by atoms with Crippen molar-refractivity contribution in [2.24, 2.45) is 0 Å². The number of rotatable bonds is 5. The number of anilines is 1. The minimum Gasteiger partial charge on any atom is -0.399 e. The number of nitrogen functional groups attached to an aromatic ring is 1. The maximum atomic E-state index is 11.7. The zero-order valence-electron chi connectivity index (χ0n) is 10.00. The lowest BCUT2D eigenvalue weighted by molar-refractivity contribution is -0.120. The van der Waals surface area contributed by atoms with Gasteiger partial charge in [0.25, 0.3) is 0 Å². The third-order valence-corrected chi connectivity index (χ3v) is 3.78. The molecule has 1 rings (SSSR count). The number of carbonyl (C=O) groups is 1. The summed E-state index contributed by atoms with van der Waals surface area (Å²) < 4.78 is 0. The molecule has 0 heterocycles. The largest absolute Gasteiger partial charge is 0.399 e. The van der Waals surface area contributed by atoms with E-state index in [1.807, 2.05) is 19.9 Å².